The smallest absolute Gasteiger partial charge is 0.309 e. The van der Waals surface area contributed by atoms with E-state index in [1.165, 1.54) is 21.5 Å². The molecule has 4 atom stereocenters. The molecular weight excluding hydrogens is 476 g/mol. The number of fused-ring (bicyclic) bond motifs is 2. The zero-order valence-corrected chi connectivity index (χ0v) is 23.1. The fourth-order valence-corrected chi connectivity index (χ4v) is 11.2. The van der Waals surface area contributed by atoms with Crippen LogP contribution in [0, 0.1) is 11.8 Å². The average Bonchev–Trinajstić information content (AvgIpc) is 3.49. The van der Waals surface area contributed by atoms with Gasteiger partial charge in [-0.3, -0.25) is 4.79 Å². The molecule has 0 radical (unpaired) electrons. The number of aliphatic carboxylic acids is 1. The van der Waals surface area contributed by atoms with Crippen LogP contribution in [0.3, 0.4) is 0 Å². The van der Waals surface area contributed by atoms with Crippen molar-refractivity contribution in [2.75, 3.05) is 6.61 Å². The number of carboxylic acid groups (broad SMARTS) is 1. The Balaban J connectivity index is 1.35. The van der Waals surface area contributed by atoms with Crippen molar-refractivity contribution in [2.45, 2.75) is 63.7 Å². The summed E-state index contributed by atoms with van der Waals surface area (Å²) in [5.41, 5.74) is 2.42. The second-order valence-electron chi connectivity index (χ2n) is 11.6. The minimum atomic E-state index is -2.56. The van der Waals surface area contributed by atoms with Crippen LogP contribution in [0.15, 0.2) is 84.9 Å². The third-order valence-electron chi connectivity index (χ3n) is 8.30. The maximum Gasteiger partial charge on any atom is 0.309 e. The predicted octanol–water partition coefficient (Wildman–Crippen LogP) is 5.23. The number of hydrogen-bond donors (Lipinski definition) is 1. The van der Waals surface area contributed by atoms with Crippen LogP contribution < -0.4 is 10.4 Å². The van der Waals surface area contributed by atoms with Crippen molar-refractivity contribution >= 4 is 24.7 Å². The van der Waals surface area contributed by atoms with Crippen LogP contribution in [-0.2, 0) is 26.8 Å². The van der Waals surface area contributed by atoms with Gasteiger partial charge in [-0.1, -0.05) is 106 Å². The molecule has 0 saturated carbocycles. The predicted molar refractivity (Wildman–Crippen MR) is 150 cm³/mol. The van der Waals surface area contributed by atoms with Gasteiger partial charge in [0.25, 0.3) is 8.32 Å². The first-order chi connectivity index (χ1) is 17.8. The molecule has 4 nitrogen and oxygen atoms in total. The van der Waals surface area contributed by atoms with Gasteiger partial charge in [-0.15, -0.1) is 0 Å². The summed E-state index contributed by atoms with van der Waals surface area (Å²) in [6, 6.07) is 30.1. The van der Waals surface area contributed by atoms with E-state index in [0.717, 1.165) is 25.7 Å². The second-order valence-corrected chi connectivity index (χ2v) is 15.9. The van der Waals surface area contributed by atoms with Gasteiger partial charge in [0.05, 0.1) is 18.1 Å². The lowest BCUT2D eigenvalue weighted by atomic mass is 9.76. The van der Waals surface area contributed by atoms with E-state index >= 15 is 0 Å². The number of rotatable bonds is 9. The Morgan fingerprint density at radius 2 is 1.49 bits per heavy atom. The van der Waals surface area contributed by atoms with Crippen molar-refractivity contribution in [2.24, 2.45) is 11.8 Å². The van der Waals surface area contributed by atoms with Crippen LogP contribution in [0.2, 0.25) is 5.04 Å². The molecule has 2 aliphatic heterocycles. The molecule has 0 spiro atoms. The minimum Gasteiger partial charge on any atom is -0.481 e. The normalized spacial score (nSPS) is 23.3. The van der Waals surface area contributed by atoms with E-state index in [9.17, 15) is 9.90 Å². The molecule has 37 heavy (non-hydrogen) atoms. The van der Waals surface area contributed by atoms with Gasteiger partial charge in [-0.2, -0.15) is 0 Å². The van der Waals surface area contributed by atoms with E-state index in [2.05, 4.69) is 106 Å². The summed E-state index contributed by atoms with van der Waals surface area (Å²) in [6.07, 6.45) is 3.38. The standard InChI is InChI=1S/C32H38O4Si/c1-32(2,3)37(25-13-6-4-7-14-25,26-15-8-5-9-16-26)35-20-19-23-11-10-12-24(21-23)22-27-28-17-18-29(36-28)30(27)31(33)34/h4-16,21,27-30H,17-20,22H2,1-3H3,(H,33,34)/t27?,28-,29?,30?/m0/s1. The maximum atomic E-state index is 11.9. The van der Waals surface area contributed by atoms with Crippen LogP contribution >= 0.6 is 0 Å². The molecule has 3 unspecified atom stereocenters. The van der Waals surface area contributed by atoms with Crippen LogP contribution in [0.5, 0.6) is 0 Å². The number of hydrogen-bond acceptors (Lipinski definition) is 3. The monoisotopic (exact) mass is 514 g/mol. The number of benzene rings is 3. The third kappa shape index (κ3) is 5.05. The van der Waals surface area contributed by atoms with Crippen molar-refractivity contribution in [3.63, 3.8) is 0 Å². The molecule has 2 heterocycles. The van der Waals surface area contributed by atoms with Gasteiger partial charge in [0.15, 0.2) is 0 Å². The van der Waals surface area contributed by atoms with Crippen molar-refractivity contribution in [1.82, 2.24) is 0 Å². The van der Waals surface area contributed by atoms with Crippen LogP contribution in [0.25, 0.3) is 0 Å². The summed E-state index contributed by atoms with van der Waals surface area (Å²) in [6.45, 7) is 7.54. The van der Waals surface area contributed by atoms with E-state index < -0.39 is 14.3 Å². The van der Waals surface area contributed by atoms with Crippen molar-refractivity contribution in [3.05, 3.63) is 96.1 Å². The first-order valence-corrected chi connectivity index (χ1v) is 15.4. The molecule has 0 aromatic heterocycles. The van der Waals surface area contributed by atoms with Crippen molar-refractivity contribution < 1.29 is 19.1 Å². The van der Waals surface area contributed by atoms with E-state index in [0.29, 0.717) is 6.61 Å². The average molecular weight is 515 g/mol. The van der Waals surface area contributed by atoms with E-state index in [1.54, 1.807) is 0 Å². The largest absolute Gasteiger partial charge is 0.481 e. The quantitative estimate of drug-likeness (QED) is 0.398. The Morgan fingerprint density at radius 3 is 2.08 bits per heavy atom. The van der Waals surface area contributed by atoms with Crippen molar-refractivity contribution in [3.8, 4) is 0 Å². The van der Waals surface area contributed by atoms with Gasteiger partial charge in [-0.05, 0) is 52.2 Å². The van der Waals surface area contributed by atoms with E-state index in [4.69, 9.17) is 9.16 Å². The van der Waals surface area contributed by atoms with Crippen LogP contribution in [0.4, 0.5) is 0 Å². The molecule has 1 N–H and O–H groups in total. The number of carboxylic acids is 1. The molecular formula is C32H38O4Si. The Morgan fingerprint density at radius 1 is 0.892 bits per heavy atom. The summed E-state index contributed by atoms with van der Waals surface area (Å²) in [7, 11) is -2.56. The fourth-order valence-electron chi connectivity index (χ4n) is 6.64. The topological polar surface area (TPSA) is 55.8 Å². The van der Waals surface area contributed by atoms with Gasteiger partial charge in [-0.25, -0.2) is 0 Å². The first-order valence-electron chi connectivity index (χ1n) is 13.5. The third-order valence-corrected chi connectivity index (χ3v) is 13.3. The molecule has 194 valence electrons. The summed E-state index contributed by atoms with van der Waals surface area (Å²) in [5.74, 6) is -1.05. The van der Waals surface area contributed by atoms with Gasteiger partial charge >= 0.3 is 5.97 Å². The lowest BCUT2D eigenvalue weighted by molar-refractivity contribution is -0.144. The first kappa shape index (κ1) is 25.9. The van der Waals surface area contributed by atoms with Crippen LogP contribution in [-0.4, -0.2) is 38.2 Å². The van der Waals surface area contributed by atoms with E-state index in [-0.39, 0.29) is 29.1 Å². The number of carbonyl (C=O) groups is 1. The second kappa shape index (κ2) is 10.6. The zero-order valence-electron chi connectivity index (χ0n) is 22.1. The van der Waals surface area contributed by atoms with Gasteiger partial charge < -0.3 is 14.3 Å². The summed E-state index contributed by atoms with van der Waals surface area (Å²) in [5, 5.41) is 12.3. The summed E-state index contributed by atoms with van der Waals surface area (Å²) in [4.78, 5) is 11.9. The molecule has 0 aliphatic carbocycles. The highest BCUT2D eigenvalue weighted by molar-refractivity contribution is 6.99. The Bertz CT molecular complexity index is 1160. The molecule has 0 amide bonds. The Labute approximate surface area is 221 Å². The van der Waals surface area contributed by atoms with Gasteiger partial charge in [0.2, 0.25) is 0 Å². The number of ether oxygens (including phenoxy) is 1. The van der Waals surface area contributed by atoms with E-state index in [1.807, 2.05) is 0 Å². The molecule has 2 aliphatic rings. The molecule has 2 bridgehead atoms. The lowest BCUT2D eigenvalue weighted by Crippen LogP contribution is -2.66. The molecule has 5 heteroatoms. The summed E-state index contributed by atoms with van der Waals surface area (Å²) >= 11 is 0. The van der Waals surface area contributed by atoms with Crippen LogP contribution in [0.1, 0.15) is 44.7 Å². The maximum absolute atomic E-state index is 11.9. The Kier molecular flexibility index (Phi) is 7.39. The molecule has 2 fully saturated rings. The molecule has 3 aromatic rings. The fraction of sp³-hybridized carbons (Fsp3) is 0.406. The van der Waals surface area contributed by atoms with Gasteiger partial charge in [0, 0.05) is 12.5 Å². The Hall–Kier alpha value is -2.73. The zero-order chi connectivity index (χ0) is 26.0. The van der Waals surface area contributed by atoms with Crippen molar-refractivity contribution in [1.29, 1.82) is 0 Å². The molecule has 3 aromatic carbocycles. The highest BCUT2D eigenvalue weighted by Crippen LogP contribution is 2.45. The highest BCUT2D eigenvalue weighted by atomic mass is 28.4. The molecule has 5 rings (SSSR count). The highest BCUT2D eigenvalue weighted by Gasteiger charge is 2.52. The molecule has 2 saturated heterocycles. The lowest BCUT2D eigenvalue weighted by Gasteiger charge is -2.43. The minimum absolute atomic E-state index is 0.0504. The summed E-state index contributed by atoms with van der Waals surface area (Å²) < 4.78 is 13.1. The van der Waals surface area contributed by atoms with Gasteiger partial charge in [0.1, 0.15) is 0 Å². The SMILES string of the molecule is CC(C)(C)[Si](OCCc1cccc(CC2C(C(=O)O)C3CC[C@@H]2O3)c1)(c1ccccc1)c1ccccc1.